The molecule has 0 heterocycles. The standard InChI is InChI=1S/C15H23N3O2/c1-3-9-17-14(19)11-18(2)15(20)13-6-4-5-12(10-13)7-8-16/h4-6,10H,3,7-9,11,16H2,1-2H3,(H,17,19). The lowest BCUT2D eigenvalue weighted by Crippen LogP contribution is -2.38. The third-order valence-corrected chi connectivity index (χ3v) is 2.91. The quantitative estimate of drug-likeness (QED) is 0.773. The maximum absolute atomic E-state index is 12.2. The van der Waals surface area contributed by atoms with E-state index in [0.29, 0.717) is 18.7 Å². The Morgan fingerprint density at radius 1 is 1.35 bits per heavy atom. The van der Waals surface area contributed by atoms with Crippen molar-refractivity contribution in [1.82, 2.24) is 10.2 Å². The molecule has 0 aliphatic carbocycles. The van der Waals surface area contributed by atoms with Crippen molar-refractivity contribution in [2.45, 2.75) is 19.8 Å². The summed E-state index contributed by atoms with van der Waals surface area (Å²) in [5, 5.41) is 2.75. The number of carbonyl (C=O) groups excluding carboxylic acids is 2. The van der Waals surface area contributed by atoms with E-state index in [-0.39, 0.29) is 18.4 Å². The number of benzene rings is 1. The number of hydrogen-bond acceptors (Lipinski definition) is 3. The molecule has 0 spiro atoms. The largest absolute Gasteiger partial charge is 0.355 e. The van der Waals surface area contributed by atoms with E-state index in [2.05, 4.69) is 5.32 Å². The Bertz CT molecular complexity index is 460. The fraction of sp³-hybridized carbons (Fsp3) is 0.467. The zero-order valence-electron chi connectivity index (χ0n) is 12.2. The van der Waals surface area contributed by atoms with Crippen LogP contribution in [-0.4, -0.2) is 43.4 Å². The molecule has 0 saturated heterocycles. The van der Waals surface area contributed by atoms with Gasteiger partial charge in [0.05, 0.1) is 6.54 Å². The van der Waals surface area contributed by atoms with E-state index in [9.17, 15) is 9.59 Å². The third-order valence-electron chi connectivity index (χ3n) is 2.91. The second-order valence-electron chi connectivity index (χ2n) is 4.75. The van der Waals surface area contributed by atoms with Gasteiger partial charge in [-0.05, 0) is 37.1 Å². The van der Waals surface area contributed by atoms with Crippen molar-refractivity contribution < 1.29 is 9.59 Å². The highest BCUT2D eigenvalue weighted by molar-refractivity contribution is 5.96. The number of nitrogens with one attached hydrogen (secondary N) is 1. The van der Waals surface area contributed by atoms with Crippen molar-refractivity contribution in [2.75, 3.05) is 26.7 Å². The molecule has 0 aromatic heterocycles. The summed E-state index contributed by atoms with van der Waals surface area (Å²) in [6, 6.07) is 7.36. The predicted octanol–water partition coefficient (Wildman–Crippen LogP) is 0.786. The third kappa shape index (κ3) is 5.01. The van der Waals surface area contributed by atoms with E-state index in [4.69, 9.17) is 5.73 Å². The molecule has 0 fully saturated rings. The summed E-state index contributed by atoms with van der Waals surface area (Å²) in [6.45, 7) is 3.23. The minimum atomic E-state index is -0.157. The molecule has 5 nitrogen and oxygen atoms in total. The van der Waals surface area contributed by atoms with Crippen LogP contribution in [0.4, 0.5) is 0 Å². The molecule has 1 rings (SSSR count). The van der Waals surface area contributed by atoms with Gasteiger partial charge >= 0.3 is 0 Å². The summed E-state index contributed by atoms with van der Waals surface area (Å²) >= 11 is 0. The van der Waals surface area contributed by atoms with Gasteiger partial charge in [-0.15, -0.1) is 0 Å². The fourth-order valence-electron chi connectivity index (χ4n) is 1.85. The average molecular weight is 277 g/mol. The van der Waals surface area contributed by atoms with E-state index < -0.39 is 0 Å². The molecular weight excluding hydrogens is 254 g/mol. The lowest BCUT2D eigenvalue weighted by molar-refractivity contribution is -0.121. The summed E-state index contributed by atoms with van der Waals surface area (Å²) < 4.78 is 0. The first-order chi connectivity index (χ1) is 9.58. The summed E-state index contributed by atoms with van der Waals surface area (Å²) in [4.78, 5) is 25.2. The Balaban J connectivity index is 2.64. The van der Waals surface area contributed by atoms with Crippen molar-refractivity contribution in [3.8, 4) is 0 Å². The molecule has 20 heavy (non-hydrogen) atoms. The minimum absolute atomic E-state index is 0.0694. The molecular formula is C15H23N3O2. The van der Waals surface area contributed by atoms with Crippen LogP contribution in [0.2, 0.25) is 0 Å². The van der Waals surface area contributed by atoms with Crippen LogP contribution in [0.25, 0.3) is 0 Å². The van der Waals surface area contributed by atoms with Crippen LogP contribution in [0.1, 0.15) is 29.3 Å². The van der Waals surface area contributed by atoms with Crippen molar-refractivity contribution in [3.63, 3.8) is 0 Å². The highest BCUT2D eigenvalue weighted by Gasteiger charge is 2.14. The van der Waals surface area contributed by atoms with Crippen LogP contribution >= 0.6 is 0 Å². The normalized spacial score (nSPS) is 10.2. The van der Waals surface area contributed by atoms with Gasteiger partial charge in [0.25, 0.3) is 5.91 Å². The van der Waals surface area contributed by atoms with E-state index in [1.54, 1.807) is 13.1 Å². The summed E-state index contributed by atoms with van der Waals surface area (Å²) in [7, 11) is 1.63. The first-order valence-corrected chi connectivity index (χ1v) is 6.89. The first-order valence-electron chi connectivity index (χ1n) is 6.89. The summed E-state index contributed by atoms with van der Waals surface area (Å²) in [6.07, 6.45) is 1.62. The van der Waals surface area contributed by atoms with Crippen molar-refractivity contribution >= 4 is 11.8 Å². The Morgan fingerprint density at radius 3 is 2.75 bits per heavy atom. The van der Waals surface area contributed by atoms with Gasteiger partial charge in [-0.1, -0.05) is 19.1 Å². The van der Waals surface area contributed by atoms with E-state index in [0.717, 1.165) is 18.4 Å². The summed E-state index contributed by atoms with van der Waals surface area (Å²) in [5.74, 6) is -0.295. The molecule has 0 aliphatic heterocycles. The smallest absolute Gasteiger partial charge is 0.254 e. The van der Waals surface area contributed by atoms with Crippen LogP contribution in [0.3, 0.4) is 0 Å². The molecule has 0 bridgehead atoms. The molecule has 110 valence electrons. The Hall–Kier alpha value is -1.88. The number of nitrogens with two attached hydrogens (primary N) is 1. The van der Waals surface area contributed by atoms with Gasteiger partial charge in [0.2, 0.25) is 5.91 Å². The number of carbonyl (C=O) groups is 2. The molecule has 0 radical (unpaired) electrons. The second-order valence-corrected chi connectivity index (χ2v) is 4.75. The number of hydrogen-bond donors (Lipinski definition) is 2. The van der Waals surface area contributed by atoms with Crippen molar-refractivity contribution in [1.29, 1.82) is 0 Å². The molecule has 3 N–H and O–H groups in total. The van der Waals surface area contributed by atoms with Gasteiger partial charge in [-0.3, -0.25) is 9.59 Å². The van der Waals surface area contributed by atoms with Gasteiger partial charge in [-0.25, -0.2) is 0 Å². The second kappa shape index (κ2) is 8.32. The number of likely N-dealkylation sites (N-methyl/N-ethyl adjacent to an activating group) is 1. The molecule has 0 atom stereocenters. The van der Waals surface area contributed by atoms with Gasteiger partial charge in [0.1, 0.15) is 0 Å². The average Bonchev–Trinajstić information content (AvgIpc) is 2.45. The maximum Gasteiger partial charge on any atom is 0.254 e. The Kier molecular flexibility index (Phi) is 6.73. The van der Waals surface area contributed by atoms with E-state index in [1.807, 2.05) is 25.1 Å². The molecule has 1 aromatic carbocycles. The molecule has 0 saturated carbocycles. The molecule has 1 aromatic rings. The zero-order valence-corrected chi connectivity index (χ0v) is 12.2. The van der Waals surface area contributed by atoms with Crippen LogP contribution in [0.5, 0.6) is 0 Å². The predicted molar refractivity (Wildman–Crippen MR) is 79.5 cm³/mol. The molecule has 2 amide bonds. The van der Waals surface area contributed by atoms with Gasteiger partial charge in [-0.2, -0.15) is 0 Å². The number of nitrogens with zero attached hydrogens (tertiary/aromatic N) is 1. The highest BCUT2D eigenvalue weighted by atomic mass is 16.2. The monoisotopic (exact) mass is 277 g/mol. The van der Waals surface area contributed by atoms with E-state index in [1.165, 1.54) is 4.90 Å². The van der Waals surface area contributed by atoms with Gasteiger partial charge in [0.15, 0.2) is 0 Å². The maximum atomic E-state index is 12.2. The first kappa shape index (κ1) is 16.2. The van der Waals surface area contributed by atoms with Gasteiger partial charge in [0, 0.05) is 19.2 Å². The van der Waals surface area contributed by atoms with Crippen molar-refractivity contribution in [2.24, 2.45) is 5.73 Å². The van der Waals surface area contributed by atoms with Crippen molar-refractivity contribution in [3.05, 3.63) is 35.4 Å². The highest BCUT2D eigenvalue weighted by Crippen LogP contribution is 2.08. The van der Waals surface area contributed by atoms with Crippen LogP contribution in [0, 0.1) is 0 Å². The summed E-state index contributed by atoms with van der Waals surface area (Å²) in [5.41, 5.74) is 7.13. The Labute approximate surface area is 120 Å². The number of amides is 2. The zero-order chi connectivity index (χ0) is 15.0. The number of rotatable bonds is 7. The molecule has 0 aliphatic rings. The lowest BCUT2D eigenvalue weighted by Gasteiger charge is -2.17. The van der Waals surface area contributed by atoms with Crippen LogP contribution in [-0.2, 0) is 11.2 Å². The lowest BCUT2D eigenvalue weighted by atomic mass is 10.1. The van der Waals surface area contributed by atoms with E-state index >= 15 is 0 Å². The van der Waals surface area contributed by atoms with Gasteiger partial charge < -0.3 is 16.0 Å². The van der Waals surface area contributed by atoms with Crippen LogP contribution in [0.15, 0.2) is 24.3 Å². The topological polar surface area (TPSA) is 75.4 Å². The molecule has 5 heteroatoms. The van der Waals surface area contributed by atoms with Crippen LogP contribution < -0.4 is 11.1 Å². The Morgan fingerprint density at radius 2 is 2.10 bits per heavy atom. The SMILES string of the molecule is CCCNC(=O)CN(C)C(=O)c1cccc(CCN)c1. The minimum Gasteiger partial charge on any atom is -0.355 e. The molecule has 0 unspecified atom stereocenters. The fourth-order valence-corrected chi connectivity index (χ4v) is 1.85.